The van der Waals surface area contributed by atoms with Crippen molar-refractivity contribution in [3.63, 3.8) is 0 Å². The van der Waals surface area contributed by atoms with E-state index >= 15 is 0 Å². The van der Waals surface area contributed by atoms with Gasteiger partial charge in [-0.1, -0.05) is 19.9 Å². The van der Waals surface area contributed by atoms with Gasteiger partial charge in [0.15, 0.2) is 0 Å². The van der Waals surface area contributed by atoms with E-state index in [4.69, 9.17) is 0 Å². The standard InChI is InChI=1S/C8H15NO/c1-4-6-7(3)9-8(10)5-2/h6H,4-5H2,1-3H3,(H,9,10). The molecule has 1 amide bonds. The van der Waals surface area contributed by atoms with E-state index in [1.165, 1.54) is 0 Å². The van der Waals surface area contributed by atoms with Gasteiger partial charge in [0.2, 0.25) is 5.91 Å². The van der Waals surface area contributed by atoms with Crippen molar-refractivity contribution in [1.29, 1.82) is 0 Å². The van der Waals surface area contributed by atoms with E-state index in [0.29, 0.717) is 6.42 Å². The number of carbonyl (C=O) groups is 1. The third-order valence-electron chi connectivity index (χ3n) is 1.17. The number of amides is 1. The topological polar surface area (TPSA) is 29.1 Å². The maximum absolute atomic E-state index is 10.7. The molecule has 1 N–H and O–H groups in total. The lowest BCUT2D eigenvalue weighted by Crippen LogP contribution is -2.19. The van der Waals surface area contributed by atoms with E-state index in [2.05, 4.69) is 5.32 Å². The van der Waals surface area contributed by atoms with Crippen molar-refractivity contribution in [2.24, 2.45) is 0 Å². The van der Waals surface area contributed by atoms with Gasteiger partial charge in [0.25, 0.3) is 0 Å². The lowest BCUT2D eigenvalue weighted by molar-refractivity contribution is -0.120. The van der Waals surface area contributed by atoms with Crippen molar-refractivity contribution < 1.29 is 4.79 Å². The first-order valence-corrected chi connectivity index (χ1v) is 3.67. The van der Waals surface area contributed by atoms with E-state index in [1.807, 2.05) is 26.8 Å². The minimum Gasteiger partial charge on any atom is -0.330 e. The molecule has 2 heteroatoms. The van der Waals surface area contributed by atoms with Gasteiger partial charge in [-0.3, -0.25) is 4.79 Å². The molecule has 0 radical (unpaired) electrons. The van der Waals surface area contributed by atoms with Crippen LogP contribution < -0.4 is 5.32 Å². The summed E-state index contributed by atoms with van der Waals surface area (Å²) in [6, 6.07) is 0. The Morgan fingerprint density at radius 2 is 2.10 bits per heavy atom. The second-order valence-corrected chi connectivity index (χ2v) is 2.20. The Balaban J connectivity index is 3.67. The molecule has 0 aromatic heterocycles. The number of hydrogen-bond acceptors (Lipinski definition) is 1. The highest BCUT2D eigenvalue weighted by molar-refractivity contribution is 5.77. The predicted octanol–water partition coefficient (Wildman–Crippen LogP) is 1.83. The molecule has 0 bridgehead atoms. The van der Waals surface area contributed by atoms with Crippen LogP contribution in [0.15, 0.2) is 11.8 Å². The van der Waals surface area contributed by atoms with Gasteiger partial charge in [0, 0.05) is 12.1 Å². The van der Waals surface area contributed by atoms with Gasteiger partial charge in [-0.15, -0.1) is 0 Å². The highest BCUT2D eigenvalue weighted by atomic mass is 16.1. The zero-order valence-corrected chi connectivity index (χ0v) is 6.90. The Hall–Kier alpha value is -0.790. The molecule has 0 aliphatic rings. The molecule has 0 aliphatic heterocycles. The van der Waals surface area contributed by atoms with Crippen molar-refractivity contribution in [2.75, 3.05) is 0 Å². The van der Waals surface area contributed by atoms with Crippen LogP contribution in [0.3, 0.4) is 0 Å². The van der Waals surface area contributed by atoms with Crippen LogP contribution in [0, 0.1) is 0 Å². The monoisotopic (exact) mass is 141 g/mol. The van der Waals surface area contributed by atoms with Gasteiger partial charge in [-0.2, -0.15) is 0 Å². The third-order valence-corrected chi connectivity index (χ3v) is 1.17. The Morgan fingerprint density at radius 3 is 2.50 bits per heavy atom. The Kier molecular flexibility index (Phi) is 4.63. The van der Waals surface area contributed by atoms with Gasteiger partial charge >= 0.3 is 0 Å². The Labute approximate surface area is 62.3 Å². The molecule has 2 nitrogen and oxygen atoms in total. The van der Waals surface area contributed by atoms with Crippen molar-refractivity contribution in [3.8, 4) is 0 Å². The van der Waals surface area contributed by atoms with E-state index in [-0.39, 0.29) is 5.91 Å². The van der Waals surface area contributed by atoms with E-state index < -0.39 is 0 Å². The van der Waals surface area contributed by atoms with Crippen molar-refractivity contribution in [1.82, 2.24) is 5.32 Å². The summed E-state index contributed by atoms with van der Waals surface area (Å²) in [5.74, 6) is 0.0854. The summed E-state index contributed by atoms with van der Waals surface area (Å²) in [6.45, 7) is 5.78. The largest absolute Gasteiger partial charge is 0.330 e. The fourth-order valence-electron chi connectivity index (χ4n) is 0.666. The second kappa shape index (κ2) is 5.03. The van der Waals surface area contributed by atoms with Crippen LogP contribution in [0.2, 0.25) is 0 Å². The zero-order valence-electron chi connectivity index (χ0n) is 6.90. The smallest absolute Gasteiger partial charge is 0.223 e. The molecule has 0 saturated heterocycles. The van der Waals surface area contributed by atoms with Crippen molar-refractivity contribution in [3.05, 3.63) is 11.8 Å². The highest BCUT2D eigenvalue weighted by Crippen LogP contribution is 1.90. The molecule has 0 heterocycles. The summed E-state index contributed by atoms with van der Waals surface area (Å²) < 4.78 is 0. The molecule has 0 saturated carbocycles. The summed E-state index contributed by atoms with van der Waals surface area (Å²) >= 11 is 0. The molecule has 0 aromatic rings. The summed E-state index contributed by atoms with van der Waals surface area (Å²) in [7, 11) is 0. The first-order chi connectivity index (χ1) is 4.70. The number of allylic oxidation sites excluding steroid dienone is 2. The first-order valence-electron chi connectivity index (χ1n) is 3.67. The number of hydrogen-bond donors (Lipinski definition) is 1. The van der Waals surface area contributed by atoms with Gasteiger partial charge in [0.05, 0.1) is 0 Å². The molecule has 10 heavy (non-hydrogen) atoms. The first kappa shape index (κ1) is 9.21. The maximum Gasteiger partial charge on any atom is 0.223 e. The normalized spacial score (nSPS) is 11.3. The molecule has 0 rings (SSSR count). The average molecular weight is 141 g/mol. The molecular formula is C8H15NO. The Morgan fingerprint density at radius 1 is 1.50 bits per heavy atom. The molecule has 0 aliphatic carbocycles. The summed E-state index contributed by atoms with van der Waals surface area (Å²) in [5.41, 5.74) is 0.953. The molecule has 0 aromatic carbocycles. The summed E-state index contributed by atoms with van der Waals surface area (Å²) in [4.78, 5) is 10.7. The maximum atomic E-state index is 10.7. The van der Waals surface area contributed by atoms with E-state index in [0.717, 1.165) is 12.1 Å². The molecule has 0 atom stereocenters. The summed E-state index contributed by atoms with van der Waals surface area (Å²) in [5, 5.41) is 2.75. The number of carbonyl (C=O) groups excluding carboxylic acids is 1. The minimum absolute atomic E-state index is 0.0854. The number of rotatable bonds is 3. The fourth-order valence-corrected chi connectivity index (χ4v) is 0.666. The van der Waals surface area contributed by atoms with Gasteiger partial charge in [-0.25, -0.2) is 0 Å². The number of nitrogens with one attached hydrogen (secondary N) is 1. The van der Waals surface area contributed by atoms with E-state index in [9.17, 15) is 4.79 Å². The quantitative estimate of drug-likeness (QED) is 0.638. The molecule has 0 unspecified atom stereocenters. The van der Waals surface area contributed by atoms with Gasteiger partial charge in [0.1, 0.15) is 0 Å². The molecule has 0 spiro atoms. The van der Waals surface area contributed by atoms with E-state index in [1.54, 1.807) is 0 Å². The van der Waals surface area contributed by atoms with Crippen molar-refractivity contribution in [2.45, 2.75) is 33.6 Å². The van der Waals surface area contributed by atoms with Crippen LogP contribution >= 0.6 is 0 Å². The third kappa shape index (κ3) is 4.13. The fraction of sp³-hybridized carbons (Fsp3) is 0.625. The molecule has 58 valence electrons. The van der Waals surface area contributed by atoms with Gasteiger partial charge in [-0.05, 0) is 13.3 Å². The predicted molar refractivity (Wildman–Crippen MR) is 42.5 cm³/mol. The summed E-state index contributed by atoms with van der Waals surface area (Å²) in [6.07, 6.45) is 3.51. The average Bonchev–Trinajstić information content (AvgIpc) is 1.88. The SMILES string of the molecule is CCC=C(C)NC(=O)CC. The van der Waals surface area contributed by atoms with Crippen molar-refractivity contribution >= 4 is 5.91 Å². The lowest BCUT2D eigenvalue weighted by Gasteiger charge is -2.01. The molecular weight excluding hydrogens is 126 g/mol. The van der Waals surface area contributed by atoms with Crippen LogP contribution in [0.1, 0.15) is 33.6 Å². The lowest BCUT2D eigenvalue weighted by atomic mass is 10.3. The second-order valence-electron chi connectivity index (χ2n) is 2.20. The van der Waals surface area contributed by atoms with Crippen LogP contribution in [-0.4, -0.2) is 5.91 Å². The van der Waals surface area contributed by atoms with Crippen LogP contribution in [0.5, 0.6) is 0 Å². The Bertz CT molecular complexity index is 138. The van der Waals surface area contributed by atoms with Crippen LogP contribution in [0.25, 0.3) is 0 Å². The van der Waals surface area contributed by atoms with Crippen LogP contribution in [0.4, 0.5) is 0 Å². The van der Waals surface area contributed by atoms with Crippen LogP contribution in [-0.2, 0) is 4.79 Å². The highest BCUT2D eigenvalue weighted by Gasteiger charge is 1.94. The molecule has 0 fully saturated rings. The minimum atomic E-state index is 0.0854. The zero-order chi connectivity index (χ0) is 7.98. The van der Waals surface area contributed by atoms with Gasteiger partial charge < -0.3 is 5.32 Å².